The molecule has 0 amide bonds. The Hall–Kier alpha value is -1.65. The number of hydrogen-bond donors (Lipinski definition) is 1. The van der Waals surface area contributed by atoms with Crippen LogP contribution in [0.2, 0.25) is 0 Å². The molecule has 0 aliphatic heterocycles. The van der Waals surface area contributed by atoms with Crippen LogP contribution in [0, 0.1) is 0 Å². The van der Waals surface area contributed by atoms with Crippen molar-refractivity contribution in [2.75, 3.05) is 17.8 Å². The molecule has 0 saturated carbocycles. The van der Waals surface area contributed by atoms with Gasteiger partial charge in [-0.25, -0.2) is 0 Å². The second kappa shape index (κ2) is 8.60. The maximum absolute atomic E-state index is 4.47. The molecule has 2 aromatic carbocycles. The van der Waals surface area contributed by atoms with E-state index in [1.807, 2.05) is 48.8 Å². The Bertz CT molecular complexity index is 636. The quantitative estimate of drug-likeness (QED) is 0.566. The van der Waals surface area contributed by atoms with E-state index in [9.17, 15) is 0 Å². The predicted octanol–water partition coefficient (Wildman–Crippen LogP) is 5.46. The van der Waals surface area contributed by atoms with E-state index in [2.05, 4.69) is 41.0 Å². The highest BCUT2D eigenvalue weighted by Crippen LogP contribution is 2.27. The normalized spacial score (nSPS) is 11.3. The van der Waals surface area contributed by atoms with Gasteiger partial charge in [-0.05, 0) is 42.9 Å². The highest BCUT2D eigenvalue weighted by atomic mass is 32.2. The monoisotopic (exact) mass is 314 g/mol. The molecule has 0 heterocycles. The third kappa shape index (κ3) is 4.69. The van der Waals surface area contributed by atoms with Crippen LogP contribution in [0.3, 0.4) is 0 Å². The van der Waals surface area contributed by atoms with Gasteiger partial charge in [0, 0.05) is 22.2 Å². The van der Waals surface area contributed by atoms with Crippen molar-refractivity contribution in [3.63, 3.8) is 0 Å². The van der Waals surface area contributed by atoms with Crippen molar-refractivity contribution in [2.45, 2.75) is 9.79 Å². The van der Waals surface area contributed by atoms with Crippen LogP contribution in [-0.4, -0.2) is 18.7 Å². The Balaban J connectivity index is 1.98. The lowest BCUT2D eigenvalue weighted by Crippen LogP contribution is -1.89. The van der Waals surface area contributed by atoms with E-state index in [4.69, 9.17) is 0 Å². The van der Waals surface area contributed by atoms with Gasteiger partial charge >= 0.3 is 0 Å². The summed E-state index contributed by atoms with van der Waals surface area (Å²) >= 11 is 3.43. The summed E-state index contributed by atoms with van der Waals surface area (Å²) in [5, 5.41) is 3.28. The number of allylic oxidation sites excluding steroid dienone is 1. The minimum Gasteiger partial charge on any atom is -0.361 e. The molecule has 1 N–H and O–H groups in total. The largest absolute Gasteiger partial charge is 0.361 e. The summed E-state index contributed by atoms with van der Waals surface area (Å²) in [6, 6.07) is 16.4. The molecule has 4 heteroatoms. The second-order valence-corrected chi connectivity index (χ2v) is 5.85. The van der Waals surface area contributed by atoms with Gasteiger partial charge in [0.2, 0.25) is 0 Å². The lowest BCUT2D eigenvalue weighted by Gasteiger charge is -2.05. The van der Waals surface area contributed by atoms with Crippen molar-refractivity contribution in [1.29, 1.82) is 0 Å². The minimum atomic E-state index is 0.999. The average molecular weight is 314 g/mol. The summed E-state index contributed by atoms with van der Waals surface area (Å²) in [5.74, 6) is 0. The zero-order valence-corrected chi connectivity index (χ0v) is 13.7. The number of benzene rings is 2. The first-order valence-electron chi connectivity index (χ1n) is 6.57. The molecule has 0 atom stereocenters. The fourth-order valence-electron chi connectivity index (χ4n) is 1.80. The zero-order valence-electron chi connectivity index (χ0n) is 12.1. The molecule has 0 saturated heterocycles. The first-order valence-corrected chi connectivity index (χ1v) is 9.02. The first-order chi connectivity index (χ1) is 10.3. The van der Waals surface area contributed by atoms with Gasteiger partial charge in [-0.2, -0.15) is 0 Å². The molecular weight excluding hydrogens is 296 g/mol. The fourth-order valence-corrected chi connectivity index (χ4v) is 2.91. The van der Waals surface area contributed by atoms with Gasteiger partial charge in [-0.15, -0.1) is 23.5 Å². The van der Waals surface area contributed by atoms with E-state index in [1.165, 1.54) is 9.79 Å². The minimum absolute atomic E-state index is 0.999. The summed E-state index contributed by atoms with van der Waals surface area (Å²) in [6.07, 6.45) is 9.76. The molecule has 0 aromatic heterocycles. The summed E-state index contributed by atoms with van der Waals surface area (Å²) < 4.78 is 0. The lowest BCUT2D eigenvalue weighted by molar-refractivity contribution is 1.38. The molecule has 0 aliphatic rings. The molecule has 0 radical (unpaired) electrons. The van der Waals surface area contributed by atoms with E-state index >= 15 is 0 Å². The van der Waals surface area contributed by atoms with Gasteiger partial charge in [0.15, 0.2) is 0 Å². The number of hydrogen-bond acceptors (Lipinski definition) is 4. The smallest absolute Gasteiger partial charge is 0.0765 e. The third-order valence-electron chi connectivity index (χ3n) is 2.83. The van der Waals surface area contributed by atoms with E-state index in [0.29, 0.717) is 0 Å². The van der Waals surface area contributed by atoms with Gasteiger partial charge in [0.25, 0.3) is 0 Å². The number of anilines is 1. The summed E-state index contributed by atoms with van der Waals surface area (Å²) in [7, 11) is 0. The maximum atomic E-state index is 4.47. The van der Waals surface area contributed by atoms with E-state index in [1.54, 1.807) is 23.5 Å². The number of nitrogens with one attached hydrogen (secondary N) is 1. The third-order valence-corrected chi connectivity index (χ3v) is 4.41. The topological polar surface area (TPSA) is 24.4 Å². The van der Waals surface area contributed by atoms with Crippen LogP contribution in [0.1, 0.15) is 0 Å². The van der Waals surface area contributed by atoms with Gasteiger partial charge in [0.05, 0.1) is 11.4 Å². The number of thioether (sulfide) groups is 2. The molecule has 2 nitrogen and oxygen atoms in total. The van der Waals surface area contributed by atoms with Crippen molar-refractivity contribution in [3.8, 4) is 0 Å². The first kappa shape index (κ1) is 15.7. The average Bonchev–Trinajstić information content (AvgIpc) is 2.55. The van der Waals surface area contributed by atoms with E-state index in [-0.39, 0.29) is 0 Å². The fraction of sp³-hybridized carbons (Fsp3) is 0.118. The Kier molecular flexibility index (Phi) is 6.44. The van der Waals surface area contributed by atoms with Crippen LogP contribution in [0.25, 0.3) is 0 Å². The molecule has 0 fully saturated rings. The Morgan fingerprint density at radius 2 is 1.57 bits per heavy atom. The molecule has 0 bridgehead atoms. The van der Waals surface area contributed by atoms with Crippen molar-refractivity contribution >= 4 is 41.1 Å². The highest BCUT2D eigenvalue weighted by molar-refractivity contribution is 7.99. The molecule has 2 rings (SSSR count). The van der Waals surface area contributed by atoms with E-state index in [0.717, 1.165) is 11.4 Å². The second-order valence-electron chi connectivity index (χ2n) is 4.15. The van der Waals surface area contributed by atoms with E-state index < -0.39 is 0 Å². The van der Waals surface area contributed by atoms with Gasteiger partial charge in [-0.1, -0.05) is 24.3 Å². The summed E-state index contributed by atoms with van der Waals surface area (Å²) in [4.78, 5) is 6.88. The predicted molar refractivity (Wildman–Crippen MR) is 97.4 cm³/mol. The van der Waals surface area contributed by atoms with Gasteiger partial charge < -0.3 is 5.32 Å². The van der Waals surface area contributed by atoms with Crippen LogP contribution in [0.5, 0.6) is 0 Å². The Morgan fingerprint density at radius 1 is 0.905 bits per heavy atom. The SMILES string of the molecule is CSc1ccccc1/N=C/C=C\Nc1ccccc1SC. The molecule has 0 spiro atoms. The highest BCUT2D eigenvalue weighted by Gasteiger charge is 1.97. The Morgan fingerprint density at radius 3 is 2.33 bits per heavy atom. The van der Waals surface area contributed by atoms with Crippen LogP contribution in [-0.2, 0) is 0 Å². The summed E-state index contributed by atoms with van der Waals surface area (Å²) in [6.45, 7) is 0. The van der Waals surface area contributed by atoms with Crippen LogP contribution >= 0.6 is 23.5 Å². The molecule has 0 unspecified atom stereocenters. The summed E-state index contributed by atoms with van der Waals surface area (Å²) in [5.41, 5.74) is 2.11. The zero-order chi connectivity index (χ0) is 14.9. The molecule has 0 aliphatic carbocycles. The molecule has 21 heavy (non-hydrogen) atoms. The lowest BCUT2D eigenvalue weighted by atomic mass is 10.3. The van der Waals surface area contributed by atoms with Crippen molar-refractivity contribution in [2.24, 2.45) is 4.99 Å². The standard InChI is InChI=1S/C17H18N2S2/c1-20-16-10-5-3-8-14(16)18-12-7-13-19-15-9-4-6-11-17(15)21-2/h3-13,18H,1-2H3/b12-7-,19-13+. The van der Waals surface area contributed by atoms with Crippen LogP contribution < -0.4 is 5.32 Å². The van der Waals surface area contributed by atoms with Crippen molar-refractivity contribution in [3.05, 3.63) is 60.8 Å². The van der Waals surface area contributed by atoms with Crippen molar-refractivity contribution < 1.29 is 0 Å². The van der Waals surface area contributed by atoms with Crippen LogP contribution in [0.15, 0.2) is 75.6 Å². The molecule has 108 valence electrons. The number of rotatable bonds is 6. The van der Waals surface area contributed by atoms with Crippen molar-refractivity contribution in [1.82, 2.24) is 0 Å². The molecular formula is C17H18N2S2. The van der Waals surface area contributed by atoms with Crippen LogP contribution in [0.4, 0.5) is 11.4 Å². The van der Waals surface area contributed by atoms with Gasteiger partial charge in [0.1, 0.15) is 0 Å². The Labute approximate surface area is 134 Å². The number of aliphatic imine (C=N–C) groups is 1. The number of nitrogens with zero attached hydrogens (tertiary/aromatic N) is 1. The molecule has 2 aromatic rings. The maximum Gasteiger partial charge on any atom is 0.0765 e. The van der Waals surface area contributed by atoms with Gasteiger partial charge in [-0.3, -0.25) is 4.99 Å². The number of para-hydroxylation sites is 2.